The molecule has 0 radical (unpaired) electrons. The SMILES string of the molecule is CCCCNC(=O)[C@H](CC)N(Cc1ccc(F)cc1)C(=O)CN(c1ccccc1C(C)C)S(C)(=O)=O. The summed E-state index contributed by atoms with van der Waals surface area (Å²) in [6.07, 6.45) is 3.12. The van der Waals surface area contributed by atoms with E-state index < -0.39 is 34.3 Å². The number of rotatable bonds is 13. The number of unbranched alkanes of at least 4 members (excludes halogenated alkanes) is 1. The molecule has 0 saturated heterocycles. The Hall–Kier alpha value is -2.94. The van der Waals surface area contributed by atoms with Gasteiger partial charge in [-0.3, -0.25) is 13.9 Å². The van der Waals surface area contributed by atoms with Crippen molar-refractivity contribution in [1.82, 2.24) is 10.2 Å². The summed E-state index contributed by atoms with van der Waals surface area (Å²) in [5, 5.41) is 2.88. The van der Waals surface area contributed by atoms with Crippen LogP contribution in [0.5, 0.6) is 0 Å². The van der Waals surface area contributed by atoms with E-state index in [1.807, 2.05) is 32.9 Å². The van der Waals surface area contributed by atoms with Gasteiger partial charge in [-0.15, -0.1) is 0 Å². The minimum absolute atomic E-state index is 0.0311. The first-order valence-electron chi connectivity index (χ1n) is 12.4. The van der Waals surface area contributed by atoms with Gasteiger partial charge in [-0.1, -0.05) is 64.4 Å². The highest BCUT2D eigenvalue weighted by atomic mass is 32.2. The van der Waals surface area contributed by atoms with Gasteiger partial charge in [0.15, 0.2) is 0 Å². The van der Waals surface area contributed by atoms with Crippen LogP contribution in [-0.2, 0) is 26.2 Å². The molecule has 2 aromatic rings. The van der Waals surface area contributed by atoms with Crippen molar-refractivity contribution in [3.8, 4) is 0 Å². The molecule has 0 unspecified atom stereocenters. The Kier molecular flexibility index (Phi) is 10.9. The van der Waals surface area contributed by atoms with E-state index in [9.17, 15) is 22.4 Å². The van der Waals surface area contributed by atoms with Gasteiger partial charge in [-0.05, 0) is 48.1 Å². The second kappa shape index (κ2) is 13.4. The van der Waals surface area contributed by atoms with E-state index in [0.717, 1.165) is 29.0 Å². The van der Waals surface area contributed by atoms with Crippen LogP contribution in [0.1, 0.15) is 64.0 Å². The molecule has 36 heavy (non-hydrogen) atoms. The molecule has 198 valence electrons. The lowest BCUT2D eigenvalue weighted by Crippen LogP contribution is -2.52. The minimum Gasteiger partial charge on any atom is -0.354 e. The number of anilines is 1. The topological polar surface area (TPSA) is 86.8 Å². The smallest absolute Gasteiger partial charge is 0.244 e. The van der Waals surface area contributed by atoms with Crippen molar-refractivity contribution in [1.29, 1.82) is 0 Å². The van der Waals surface area contributed by atoms with Gasteiger partial charge < -0.3 is 10.2 Å². The highest BCUT2D eigenvalue weighted by Gasteiger charge is 2.32. The summed E-state index contributed by atoms with van der Waals surface area (Å²) < 4.78 is 40.3. The number of carbonyl (C=O) groups excluding carboxylic acids is 2. The van der Waals surface area contributed by atoms with E-state index in [1.54, 1.807) is 31.2 Å². The first-order valence-corrected chi connectivity index (χ1v) is 14.2. The van der Waals surface area contributed by atoms with Crippen molar-refractivity contribution < 1.29 is 22.4 Å². The van der Waals surface area contributed by atoms with E-state index in [1.165, 1.54) is 17.0 Å². The number of para-hydroxylation sites is 1. The number of hydrogen-bond donors (Lipinski definition) is 1. The predicted octanol–water partition coefficient (Wildman–Crippen LogP) is 4.44. The standard InChI is InChI=1S/C27H38FN3O4S/c1-6-8-17-29-27(33)24(7-2)30(18-21-13-15-22(28)16-14-21)26(32)19-31(36(5,34)35)25-12-10-9-11-23(25)20(3)4/h9-16,20,24H,6-8,17-19H2,1-5H3,(H,29,33)/t24-/m0/s1. The number of nitrogens with one attached hydrogen (secondary N) is 1. The molecule has 0 aliphatic heterocycles. The van der Waals surface area contributed by atoms with Crippen LogP contribution in [0.3, 0.4) is 0 Å². The lowest BCUT2D eigenvalue weighted by Gasteiger charge is -2.33. The molecular weight excluding hydrogens is 481 g/mol. The lowest BCUT2D eigenvalue weighted by molar-refractivity contribution is -0.140. The van der Waals surface area contributed by atoms with Crippen LogP contribution in [0.2, 0.25) is 0 Å². The molecule has 0 aliphatic rings. The lowest BCUT2D eigenvalue weighted by atomic mass is 10.0. The first kappa shape index (κ1) is 29.3. The Labute approximate surface area is 214 Å². The molecule has 9 heteroatoms. The van der Waals surface area contributed by atoms with Gasteiger partial charge in [-0.25, -0.2) is 12.8 Å². The third-order valence-corrected chi connectivity index (χ3v) is 7.11. The van der Waals surface area contributed by atoms with Crippen molar-refractivity contribution in [2.24, 2.45) is 0 Å². The molecule has 0 fully saturated rings. The van der Waals surface area contributed by atoms with Crippen LogP contribution in [0.15, 0.2) is 48.5 Å². The molecule has 2 rings (SSSR count). The normalized spacial score (nSPS) is 12.3. The number of hydrogen-bond acceptors (Lipinski definition) is 4. The summed E-state index contributed by atoms with van der Waals surface area (Å²) in [5.41, 5.74) is 1.87. The molecular formula is C27H38FN3O4S. The fourth-order valence-corrected chi connectivity index (χ4v) is 4.88. The summed E-state index contributed by atoms with van der Waals surface area (Å²) in [5.74, 6) is -1.19. The second-order valence-corrected chi connectivity index (χ2v) is 11.1. The maximum Gasteiger partial charge on any atom is 0.244 e. The number of benzene rings is 2. The molecule has 2 amide bonds. The fraction of sp³-hybridized carbons (Fsp3) is 0.481. The molecule has 0 saturated carbocycles. The summed E-state index contributed by atoms with van der Waals surface area (Å²) in [7, 11) is -3.82. The Morgan fingerprint density at radius 2 is 1.67 bits per heavy atom. The Morgan fingerprint density at radius 3 is 2.22 bits per heavy atom. The monoisotopic (exact) mass is 519 g/mol. The number of nitrogens with zero attached hydrogens (tertiary/aromatic N) is 2. The summed E-state index contributed by atoms with van der Waals surface area (Å²) in [6, 6.07) is 12.0. The zero-order valence-electron chi connectivity index (χ0n) is 21.8. The molecule has 1 atom stereocenters. The Balaban J connectivity index is 2.46. The highest BCUT2D eigenvalue weighted by molar-refractivity contribution is 7.92. The summed E-state index contributed by atoms with van der Waals surface area (Å²) in [4.78, 5) is 28.2. The average Bonchev–Trinajstić information content (AvgIpc) is 2.83. The van der Waals surface area contributed by atoms with Gasteiger partial charge in [-0.2, -0.15) is 0 Å². The zero-order valence-corrected chi connectivity index (χ0v) is 22.6. The molecule has 2 aromatic carbocycles. The largest absolute Gasteiger partial charge is 0.354 e. The van der Waals surface area contributed by atoms with Crippen molar-refractivity contribution in [3.05, 3.63) is 65.5 Å². The number of amides is 2. The van der Waals surface area contributed by atoms with Crippen LogP contribution in [0.25, 0.3) is 0 Å². The summed E-state index contributed by atoms with van der Waals surface area (Å²) >= 11 is 0. The van der Waals surface area contributed by atoms with Gasteiger partial charge in [0.25, 0.3) is 0 Å². The maximum absolute atomic E-state index is 13.7. The summed E-state index contributed by atoms with van der Waals surface area (Å²) in [6.45, 7) is 7.80. The zero-order chi connectivity index (χ0) is 26.9. The van der Waals surface area contributed by atoms with Gasteiger partial charge in [0, 0.05) is 13.1 Å². The van der Waals surface area contributed by atoms with Crippen LogP contribution in [-0.4, -0.2) is 50.5 Å². The highest BCUT2D eigenvalue weighted by Crippen LogP contribution is 2.29. The van der Waals surface area contributed by atoms with Crippen molar-refractivity contribution in [2.45, 2.75) is 65.5 Å². The van der Waals surface area contributed by atoms with Crippen LogP contribution >= 0.6 is 0 Å². The van der Waals surface area contributed by atoms with Crippen molar-refractivity contribution >= 4 is 27.5 Å². The molecule has 0 aromatic heterocycles. The molecule has 0 spiro atoms. The third-order valence-electron chi connectivity index (χ3n) is 5.99. The van der Waals surface area contributed by atoms with Crippen LogP contribution in [0, 0.1) is 5.82 Å². The van der Waals surface area contributed by atoms with E-state index in [-0.39, 0.29) is 18.4 Å². The van der Waals surface area contributed by atoms with Gasteiger partial charge in [0.1, 0.15) is 18.4 Å². The predicted molar refractivity (Wildman–Crippen MR) is 142 cm³/mol. The number of carbonyl (C=O) groups is 2. The first-order chi connectivity index (χ1) is 17.0. The van der Waals surface area contributed by atoms with Gasteiger partial charge >= 0.3 is 0 Å². The second-order valence-electron chi connectivity index (χ2n) is 9.20. The van der Waals surface area contributed by atoms with Crippen LogP contribution < -0.4 is 9.62 Å². The number of halogens is 1. The van der Waals surface area contributed by atoms with E-state index in [0.29, 0.717) is 24.2 Å². The molecule has 1 N–H and O–H groups in total. The Bertz CT molecular complexity index is 1120. The Morgan fingerprint density at radius 1 is 1.03 bits per heavy atom. The minimum atomic E-state index is -3.82. The molecule has 0 bridgehead atoms. The van der Waals surface area contributed by atoms with Crippen molar-refractivity contribution in [3.63, 3.8) is 0 Å². The molecule has 0 heterocycles. The van der Waals surface area contributed by atoms with Gasteiger partial charge in [0.2, 0.25) is 21.8 Å². The van der Waals surface area contributed by atoms with E-state index in [2.05, 4.69) is 5.32 Å². The van der Waals surface area contributed by atoms with Gasteiger partial charge in [0.05, 0.1) is 11.9 Å². The average molecular weight is 520 g/mol. The fourth-order valence-electron chi connectivity index (χ4n) is 4.01. The maximum atomic E-state index is 13.7. The van der Waals surface area contributed by atoms with Crippen LogP contribution in [0.4, 0.5) is 10.1 Å². The number of sulfonamides is 1. The van der Waals surface area contributed by atoms with E-state index >= 15 is 0 Å². The van der Waals surface area contributed by atoms with Crippen molar-refractivity contribution in [2.75, 3.05) is 23.7 Å². The molecule has 7 nitrogen and oxygen atoms in total. The molecule has 0 aliphatic carbocycles. The van der Waals surface area contributed by atoms with E-state index in [4.69, 9.17) is 0 Å². The quantitative estimate of drug-likeness (QED) is 0.397. The third kappa shape index (κ3) is 8.05.